The van der Waals surface area contributed by atoms with Crippen molar-refractivity contribution in [3.05, 3.63) is 30.3 Å². The molecule has 0 radical (unpaired) electrons. The van der Waals surface area contributed by atoms with E-state index in [1.165, 1.54) is 5.30 Å². The fraction of sp³-hybridized carbons (Fsp3) is 0.222. The first-order valence-corrected chi connectivity index (χ1v) is 4.78. The molecule has 1 atom stereocenters. The molecule has 0 N–H and O–H groups in total. The third kappa shape index (κ3) is 3.29. The SMILES string of the molecule is CC(=O)CPc1ccccc1. The van der Waals surface area contributed by atoms with Gasteiger partial charge in [0.15, 0.2) is 0 Å². The molecule has 11 heavy (non-hydrogen) atoms. The summed E-state index contributed by atoms with van der Waals surface area (Å²) in [6.45, 7) is 1.63. The molecule has 58 valence electrons. The van der Waals surface area contributed by atoms with Crippen LogP contribution in [-0.2, 0) is 4.79 Å². The van der Waals surface area contributed by atoms with Gasteiger partial charge in [0.2, 0.25) is 0 Å². The first-order valence-electron chi connectivity index (χ1n) is 3.57. The van der Waals surface area contributed by atoms with Gasteiger partial charge in [-0.25, -0.2) is 0 Å². The van der Waals surface area contributed by atoms with E-state index in [0.717, 1.165) is 0 Å². The smallest absolute Gasteiger partial charge is 0.134 e. The maximum atomic E-state index is 10.6. The first-order chi connectivity index (χ1) is 5.29. The lowest BCUT2D eigenvalue weighted by atomic mass is 10.4. The number of ketones is 1. The van der Waals surface area contributed by atoms with E-state index in [0.29, 0.717) is 14.7 Å². The summed E-state index contributed by atoms with van der Waals surface area (Å²) >= 11 is 0. The molecule has 0 aliphatic heterocycles. The zero-order valence-corrected chi connectivity index (χ0v) is 7.50. The Morgan fingerprint density at radius 1 is 1.36 bits per heavy atom. The highest BCUT2D eigenvalue weighted by molar-refractivity contribution is 7.48. The quantitative estimate of drug-likeness (QED) is 0.623. The Labute approximate surface area is 68.6 Å². The van der Waals surface area contributed by atoms with Crippen LogP contribution in [0.3, 0.4) is 0 Å². The van der Waals surface area contributed by atoms with E-state index < -0.39 is 0 Å². The van der Waals surface area contributed by atoms with Gasteiger partial charge in [-0.3, -0.25) is 4.79 Å². The molecule has 1 rings (SSSR count). The number of hydrogen-bond acceptors (Lipinski definition) is 1. The monoisotopic (exact) mass is 166 g/mol. The van der Waals surface area contributed by atoms with Gasteiger partial charge in [0.1, 0.15) is 5.78 Å². The summed E-state index contributed by atoms with van der Waals surface area (Å²) in [6, 6.07) is 10.1. The maximum absolute atomic E-state index is 10.6. The lowest BCUT2D eigenvalue weighted by molar-refractivity contribution is -0.114. The molecule has 0 heterocycles. The standard InChI is InChI=1S/C9H11OP/c1-8(10)7-11-9-5-3-2-4-6-9/h2-6,11H,7H2,1H3. The van der Waals surface area contributed by atoms with E-state index >= 15 is 0 Å². The van der Waals surface area contributed by atoms with Crippen LogP contribution in [0.25, 0.3) is 0 Å². The molecule has 0 aliphatic rings. The summed E-state index contributed by atoms with van der Waals surface area (Å²) < 4.78 is 0. The number of carbonyl (C=O) groups is 1. The molecule has 1 nitrogen and oxygen atoms in total. The number of hydrogen-bond donors (Lipinski definition) is 0. The summed E-state index contributed by atoms with van der Waals surface area (Å²) in [6.07, 6.45) is 0.685. The van der Waals surface area contributed by atoms with Gasteiger partial charge in [-0.15, -0.1) is 0 Å². The molecule has 0 bridgehead atoms. The highest BCUT2D eigenvalue weighted by Crippen LogP contribution is 2.08. The highest BCUT2D eigenvalue weighted by atomic mass is 31.1. The molecule has 2 heteroatoms. The Balaban J connectivity index is 2.45. The van der Waals surface area contributed by atoms with Crippen molar-refractivity contribution in [2.24, 2.45) is 0 Å². The lowest BCUT2D eigenvalue weighted by Gasteiger charge is -1.96. The fourth-order valence-electron chi connectivity index (χ4n) is 0.783. The highest BCUT2D eigenvalue weighted by Gasteiger charge is 1.93. The third-order valence-corrected chi connectivity index (χ3v) is 2.73. The molecule has 0 spiro atoms. The minimum Gasteiger partial charge on any atom is -0.300 e. The van der Waals surface area contributed by atoms with Crippen molar-refractivity contribution in [3.8, 4) is 0 Å². The van der Waals surface area contributed by atoms with Gasteiger partial charge < -0.3 is 0 Å². The number of Topliss-reactive ketones (excluding diaryl/α,β-unsaturated/α-hetero) is 1. The summed E-state index contributed by atoms with van der Waals surface area (Å²) in [7, 11) is 0.635. The summed E-state index contributed by atoms with van der Waals surface area (Å²) in [5.41, 5.74) is 0. The zero-order chi connectivity index (χ0) is 8.10. The van der Waals surface area contributed by atoms with Gasteiger partial charge in [0.25, 0.3) is 0 Å². The Bertz CT molecular complexity index is 231. The average Bonchev–Trinajstić information content (AvgIpc) is 2.03. The van der Waals surface area contributed by atoms with Crippen molar-refractivity contribution < 1.29 is 4.79 Å². The lowest BCUT2D eigenvalue weighted by Crippen LogP contribution is -1.99. The van der Waals surface area contributed by atoms with Crippen LogP contribution in [0.1, 0.15) is 6.92 Å². The van der Waals surface area contributed by atoms with Gasteiger partial charge >= 0.3 is 0 Å². The van der Waals surface area contributed by atoms with Crippen LogP contribution in [0.5, 0.6) is 0 Å². The molecular weight excluding hydrogens is 155 g/mol. The molecule has 0 fully saturated rings. The average molecular weight is 166 g/mol. The molecule has 1 aromatic carbocycles. The van der Waals surface area contributed by atoms with Crippen molar-refractivity contribution in [2.45, 2.75) is 6.92 Å². The van der Waals surface area contributed by atoms with Gasteiger partial charge in [-0.05, 0) is 12.2 Å². The molecule has 0 aromatic heterocycles. The van der Waals surface area contributed by atoms with Crippen LogP contribution in [0.2, 0.25) is 0 Å². The van der Waals surface area contributed by atoms with E-state index in [2.05, 4.69) is 12.1 Å². The van der Waals surface area contributed by atoms with Crippen LogP contribution in [-0.4, -0.2) is 11.9 Å². The Morgan fingerprint density at radius 3 is 2.55 bits per heavy atom. The second-order valence-electron chi connectivity index (χ2n) is 2.42. The molecule has 0 saturated carbocycles. The predicted octanol–water partition coefficient (Wildman–Crippen LogP) is 1.58. The molecule has 0 saturated heterocycles. The zero-order valence-electron chi connectivity index (χ0n) is 6.50. The normalized spacial score (nSPS) is 10.6. The summed E-state index contributed by atoms with van der Waals surface area (Å²) in [4.78, 5) is 10.6. The van der Waals surface area contributed by atoms with Crippen LogP contribution in [0, 0.1) is 0 Å². The predicted molar refractivity (Wildman–Crippen MR) is 49.9 cm³/mol. The molecule has 0 amide bonds. The molecular formula is C9H11OP. The maximum Gasteiger partial charge on any atom is 0.134 e. The van der Waals surface area contributed by atoms with Crippen LogP contribution >= 0.6 is 8.58 Å². The van der Waals surface area contributed by atoms with E-state index in [-0.39, 0.29) is 5.78 Å². The number of rotatable bonds is 3. The van der Waals surface area contributed by atoms with Crippen molar-refractivity contribution >= 4 is 19.7 Å². The van der Waals surface area contributed by atoms with E-state index in [1.54, 1.807) is 6.92 Å². The van der Waals surface area contributed by atoms with E-state index in [9.17, 15) is 4.79 Å². The summed E-state index contributed by atoms with van der Waals surface area (Å²) in [5, 5.41) is 1.27. The van der Waals surface area contributed by atoms with Crippen LogP contribution in [0.15, 0.2) is 30.3 Å². The van der Waals surface area contributed by atoms with Crippen LogP contribution in [0.4, 0.5) is 0 Å². The molecule has 1 aromatic rings. The molecule has 0 aliphatic carbocycles. The third-order valence-electron chi connectivity index (χ3n) is 1.32. The van der Waals surface area contributed by atoms with Crippen molar-refractivity contribution in [1.29, 1.82) is 0 Å². The van der Waals surface area contributed by atoms with Crippen molar-refractivity contribution in [2.75, 3.05) is 6.16 Å². The van der Waals surface area contributed by atoms with E-state index in [4.69, 9.17) is 0 Å². The topological polar surface area (TPSA) is 17.1 Å². The van der Waals surface area contributed by atoms with Gasteiger partial charge in [0, 0.05) is 6.16 Å². The number of carbonyl (C=O) groups excluding carboxylic acids is 1. The minimum atomic E-state index is 0.271. The fourth-order valence-corrected chi connectivity index (χ4v) is 1.66. The summed E-state index contributed by atoms with van der Waals surface area (Å²) in [5.74, 6) is 0.271. The van der Waals surface area contributed by atoms with Gasteiger partial charge in [0.05, 0.1) is 0 Å². The van der Waals surface area contributed by atoms with Crippen molar-refractivity contribution in [1.82, 2.24) is 0 Å². The first kappa shape index (κ1) is 8.42. The van der Waals surface area contributed by atoms with Crippen molar-refractivity contribution in [3.63, 3.8) is 0 Å². The Kier molecular flexibility index (Phi) is 3.25. The second kappa shape index (κ2) is 4.25. The van der Waals surface area contributed by atoms with Gasteiger partial charge in [-0.2, -0.15) is 0 Å². The largest absolute Gasteiger partial charge is 0.300 e. The van der Waals surface area contributed by atoms with Crippen LogP contribution < -0.4 is 5.30 Å². The number of benzene rings is 1. The molecule has 1 unspecified atom stereocenters. The second-order valence-corrected chi connectivity index (χ2v) is 3.71. The van der Waals surface area contributed by atoms with E-state index in [1.807, 2.05) is 18.2 Å². The Morgan fingerprint density at radius 2 is 2.00 bits per heavy atom. The van der Waals surface area contributed by atoms with Gasteiger partial charge in [-0.1, -0.05) is 38.9 Å². The minimum absolute atomic E-state index is 0.271. The Hall–Kier alpha value is -0.680.